The first kappa shape index (κ1) is 7.61. The first-order chi connectivity index (χ1) is 5.81. The number of hydrogen-bond donors (Lipinski definition) is 2. The molecular formula is C8H11NO3. The first-order valence-corrected chi connectivity index (χ1v) is 4.09. The third kappa shape index (κ3) is 1.08. The summed E-state index contributed by atoms with van der Waals surface area (Å²) in [6, 6.07) is 0. The number of carbonyl (C=O) groups excluding carboxylic acids is 1. The van der Waals surface area contributed by atoms with Crippen LogP contribution in [-0.2, 0) is 9.53 Å². The number of aliphatic hydroxyl groups excluding tert-OH is 1. The summed E-state index contributed by atoms with van der Waals surface area (Å²) < 4.78 is 5.35. The van der Waals surface area contributed by atoms with Crippen molar-refractivity contribution in [1.82, 2.24) is 5.32 Å². The molecule has 2 aliphatic heterocycles. The topological polar surface area (TPSA) is 58.6 Å². The summed E-state index contributed by atoms with van der Waals surface area (Å²) in [7, 11) is 0. The fourth-order valence-corrected chi connectivity index (χ4v) is 1.58. The zero-order valence-electron chi connectivity index (χ0n) is 6.67. The van der Waals surface area contributed by atoms with E-state index >= 15 is 0 Å². The van der Waals surface area contributed by atoms with Crippen LogP contribution in [0, 0.1) is 0 Å². The summed E-state index contributed by atoms with van der Waals surface area (Å²) in [5, 5.41) is 11.6. The Morgan fingerprint density at radius 3 is 3.17 bits per heavy atom. The fourth-order valence-electron chi connectivity index (χ4n) is 1.58. The molecule has 66 valence electrons. The van der Waals surface area contributed by atoms with E-state index in [9.17, 15) is 4.79 Å². The van der Waals surface area contributed by atoms with E-state index in [1.165, 1.54) is 0 Å². The largest absolute Gasteiger partial charge is 0.491 e. The van der Waals surface area contributed by atoms with Gasteiger partial charge in [-0.25, -0.2) is 0 Å². The molecule has 1 unspecified atom stereocenters. The molecule has 2 aliphatic rings. The second-order valence-corrected chi connectivity index (χ2v) is 3.03. The van der Waals surface area contributed by atoms with E-state index in [1.807, 2.05) is 0 Å². The van der Waals surface area contributed by atoms with Crippen LogP contribution in [0.5, 0.6) is 0 Å². The van der Waals surface area contributed by atoms with Crippen LogP contribution in [0.25, 0.3) is 0 Å². The average molecular weight is 169 g/mol. The molecule has 0 aromatic rings. The number of carbonyl (C=O) groups is 1. The van der Waals surface area contributed by atoms with Gasteiger partial charge in [-0.05, 0) is 0 Å². The molecule has 1 atom stereocenters. The molecule has 12 heavy (non-hydrogen) atoms. The van der Waals surface area contributed by atoms with Crippen molar-refractivity contribution in [2.24, 2.45) is 0 Å². The van der Waals surface area contributed by atoms with Gasteiger partial charge in [0.15, 0.2) is 0 Å². The van der Waals surface area contributed by atoms with Gasteiger partial charge in [0.25, 0.3) is 5.91 Å². The number of amides is 1. The first-order valence-electron chi connectivity index (χ1n) is 4.09. The minimum Gasteiger partial charge on any atom is -0.491 e. The molecule has 0 aromatic heterocycles. The predicted octanol–water partition coefficient (Wildman–Crippen LogP) is -0.458. The molecule has 0 saturated heterocycles. The Balaban J connectivity index is 2.16. The maximum atomic E-state index is 11.2. The van der Waals surface area contributed by atoms with Gasteiger partial charge in [0.2, 0.25) is 0 Å². The van der Waals surface area contributed by atoms with Crippen LogP contribution in [-0.4, -0.2) is 30.3 Å². The standard InChI is InChI=1S/C8H11NO3/c10-4-5-3-6-7(12-5)1-2-9-8(6)11/h5,10H,1-4H2,(H,9,11). The minimum absolute atomic E-state index is 0.0136. The number of aliphatic hydroxyl groups is 1. The van der Waals surface area contributed by atoms with E-state index in [-0.39, 0.29) is 18.6 Å². The summed E-state index contributed by atoms with van der Waals surface area (Å²) in [6.45, 7) is 0.635. The Labute approximate surface area is 70.2 Å². The van der Waals surface area contributed by atoms with E-state index in [1.54, 1.807) is 0 Å². The second kappa shape index (κ2) is 2.79. The highest BCUT2D eigenvalue weighted by atomic mass is 16.5. The molecule has 0 spiro atoms. The van der Waals surface area contributed by atoms with Crippen molar-refractivity contribution >= 4 is 5.91 Å². The van der Waals surface area contributed by atoms with Crippen LogP contribution >= 0.6 is 0 Å². The van der Waals surface area contributed by atoms with Gasteiger partial charge in [-0.2, -0.15) is 0 Å². The molecule has 0 radical (unpaired) electrons. The van der Waals surface area contributed by atoms with E-state index in [0.717, 1.165) is 17.8 Å². The summed E-state index contributed by atoms with van der Waals surface area (Å²) >= 11 is 0. The Kier molecular flexibility index (Phi) is 1.77. The predicted molar refractivity (Wildman–Crippen MR) is 41.2 cm³/mol. The van der Waals surface area contributed by atoms with Crippen LogP contribution < -0.4 is 5.32 Å². The molecular weight excluding hydrogens is 158 g/mol. The second-order valence-electron chi connectivity index (χ2n) is 3.03. The lowest BCUT2D eigenvalue weighted by Crippen LogP contribution is -2.30. The summed E-state index contributed by atoms with van der Waals surface area (Å²) in [4.78, 5) is 11.2. The van der Waals surface area contributed by atoms with Gasteiger partial charge in [-0.15, -0.1) is 0 Å². The lowest BCUT2D eigenvalue weighted by atomic mass is 10.1. The lowest BCUT2D eigenvalue weighted by molar-refractivity contribution is -0.118. The highest BCUT2D eigenvalue weighted by Gasteiger charge is 2.31. The molecule has 0 saturated carbocycles. The van der Waals surface area contributed by atoms with E-state index in [0.29, 0.717) is 13.0 Å². The highest BCUT2D eigenvalue weighted by Crippen LogP contribution is 2.28. The summed E-state index contributed by atoms with van der Waals surface area (Å²) in [5.41, 5.74) is 0.723. The Hall–Kier alpha value is -1.03. The minimum atomic E-state index is -0.196. The number of rotatable bonds is 1. The van der Waals surface area contributed by atoms with Crippen molar-refractivity contribution in [2.75, 3.05) is 13.2 Å². The summed E-state index contributed by atoms with van der Waals surface area (Å²) in [6.07, 6.45) is 1.12. The quantitative estimate of drug-likeness (QED) is 0.558. The number of hydrogen-bond acceptors (Lipinski definition) is 3. The van der Waals surface area contributed by atoms with Crippen LogP contribution in [0.1, 0.15) is 12.8 Å². The SMILES string of the molecule is O=C1NCCC2=C1CC(CO)O2. The maximum Gasteiger partial charge on any atom is 0.250 e. The Morgan fingerprint density at radius 2 is 2.50 bits per heavy atom. The fraction of sp³-hybridized carbons (Fsp3) is 0.625. The third-order valence-corrected chi connectivity index (χ3v) is 2.19. The van der Waals surface area contributed by atoms with Crippen molar-refractivity contribution in [3.05, 3.63) is 11.3 Å². The summed E-state index contributed by atoms with van der Waals surface area (Å²) in [5.74, 6) is 0.741. The van der Waals surface area contributed by atoms with Crippen LogP contribution in [0.3, 0.4) is 0 Å². The average Bonchev–Trinajstić information content (AvgIpc) is 2.49. The van der Waals surface area contributed by atoms with Gasteiger partial charge in [0.05, 0.1) is 12.2 Å². The Bertz CT molecular complexity index is 247. The molecule has 1 amide bonds. The molecule has 4 heteroatoms. The van der Waals surface area contributed by atoms with Crippen molar-refractivity contribution in [1.29, 1.82) is 0 Å². The van der Waals surface area contributed by atoms with Gasteiger partial charge in [0.1, 0.15) is 11.9 Å². The smallest absolute Gasteiger partial charge is 0.250 e. The molecule has 0 aromatic carbocycles. The van der Waals surface area contributed by atoms with Gasteiger partial charge in [0, 0.05) is 19.4 Å². The maximum absolute atomic E-state index is 11.2. The molecule has 0 bridgehead atoms. The van der Waals surface area contributed by atoms with Gasteiger partial charge >= 0.3 is 0 Å². The number of nitrogens with one attached hydrogen (secondary N) is 1. The molecule has 0 aliphatic carbocycles. The Morgan fingerprint density at radius 1 is 1.67 bits per heavy atom. The van der Waals surface area contributed by atoms with Crippen molar-refractivity contribution < 1.29 is 14.6 Å². The van der Waals surface area contributed by atoms with Gasteiger partial charge in [-0.3, -0.25) is 4.79 Å². The molecule has 0 fully saturated rings. The van der Waals surface area contributed by atoms with Crippen LogP contribution in [0.4, 0.5) is 0 Å². The van der Waals surface area contributed by atoms with E-state index in [2.05, 4.69) is 5.32 Å². The van der Waals surface area contributed by atoms with Crippen molar-refractivity contribution in [2.45, 2.75) is 18.9 Å². The zero-order valence-corrected chi connectivity index (χ0v) is 6.67. The third-order valence-electron chi connectivity index (χ3n) is 2.19. The van der Waals surface area contributed by atoms with Crippen LogP contribution in [0.15, 0.2) is 11.3 Å². The normalized spacial score (nSPS) is 28.1. The van der Waals surface area contributed by atoms with Crippen molar-refractivity contribution in [3.63, 3.8) is 0 Å². The molecule has 2 rings (SSSR count). The monoisotopic (exact) mass is 169 g/mol. The van der Waals surface area contributed by atoms with Crippen molar-refractivity contribution in [3.8, 4) is 0 Å². The lowest BCUT2D eigenvalue weighted by Gasteiger charge is -2.13. The highest BCUT2D eigenvalue weighted by molar-refractivity contribution is 5.95. The molecule has 2 N–H and O–H groups in total. The van der Waals surface area contributed by atoms with Gasteiger partial charge in [-0.1, -0.05) is 0 Å². The van der Waals surface area contributed by atoms with Gasteiger partial charge < -0.3 is 15.2 Å². The van der Waals surface area contributed by atoms with E-state index < -0.39 is 0 Å². The molecule has 2 heterocycles. The van der Waals surface area contributed by atoms with Crippen LogP contribution in [0.2, 0.25) is 0 Å². The number of ether oxygens (including phenoxy) is 1. The molecule has 4 nitrogen and oxygen atoms in total. The zero-order chi connectivity index (χ0) is 8.55. The van der Waals surface area contributed by atoms with E-state index in [4.69, 9.17) is 9.84 Å².